The Morgan fingerprint density at radius 1 is 1.54 bits per heavy atom. The van der Waals surface area contributed by atoms with Crippen LogP contribution in [0.1, 0.15) is 26.1 Å². The second-order valence-corrected chi connectivity index (χ2v) is 6.72. The van der Waals surface area contributed by atoms with Gasteiger partial charge in [-0.1, -0.05) is 11.3 Å². The second kappa shape index (κ2) is 9.62. The van der Waals surface area contributed by atoms with Crippen LogP contribution in [-0.4, -0.2) is 26.4 Å². The summed E-state index contributed by atoms with van der Waals surface area (Å²) < 4.78 is 38.9. The largest absolute Gasteiger partial charge is 1.00 e. The molecule has 8 nitrogen and oxygen atoms in total. The van der Waals surface area contributed by atoms with E-state index < -0.39 is 14.7 Å². The first-order valence-corrected chi connectivity index (χ1v) is 8.67. The summed E-state index contributed by atoms with van der Waals surface area (Å²) in [6.45, 7) is -0.291. The normalized spacial score (nSPS) is 13.2. The minimum Gasteiger partial charge on any atom is -1.00 e. The van der Waals surface area contributed by atoms with Gasteiger partial charge in [0.1, 0.15) is 11.6 Å². The van der Waals surface area contributed by atoms with Crippen molar-refractivity contribution in [1.29, 1.82) is 0 Å². The summed E-state index contributed by atoms with van der Waals surface area (Å²) in [6.07, 6.45) is 1.75. The molecule has 136 valence electrons. The Hall–Kier alpha value is -0.800. The van der Waals surface area contributed by atoms with Crippen molar-refractivity contribution in [3.05, 3.63) is 33.7 Å². The Bertz CT molecular complexity index is 818. The number of aryl methyl sites for hydroxylation is 1. The molecule has 0 aromatic carbocycles. The minimum atomic E-state index is -4.47. The van der Waals surface area contributed by atoms with Gasteiger partial charge in [0.25, 0.3) is 0 Å². The first kappa shape index (κ1) is 18.0. The van der Waals surface area contributed by atoms with Crippen molar-refractivity contribution < 1.29 is 40.0 Å². The Balaban J connectivity index is 0.00000338. The highest BCUT2D eigenvalue weighted by Gasteiger charge is 2.19. The Labute approximate surface area is 160 Å². The van der Waals surface area contributed by atoms with Crippen LogP contribution in [0.5, 0.6) is 0 Å². The molecule has 24 heavy (non-hydrogen) atoms. The second-order valence-electron chi connectivity index (χ2n) is 4.54. The first-order chi connectivity index (χ1) is 11.5. The zero-order chi connectivity index (χ0) is 18.8. The van der Waals surface area contributed by atoms with Crippen molar-refractivity contribution in [2.75, 3.05) is 12.3 Å². The lowest BCUT2D eigenvalue weighted by Gasteiger charge is -2.04. The summed E-state index contributed by atoms with van der Waals surface area (Å²) in [5.74, 6) is -0.193. The van der Waals surface area contributed by atoms with Gasteiger partial charge in [0.05, 0.1) is 17.0 Å². The van der Waals surface area contributed by atoms with E-state index in [2.05, 4.69) is 14.5 Å². The SMILES string of the molecule is Cl.[2H]C([2H])([2H])c1ncc(C[n+]2csc(CCOP(=O)(O)O)c2C)c(N)n1.[Cl-]. The van der Waals surface area contributed by atoms with Crippen molar-refractivity contribution in [2.45, 2.75) is 26.7 Å². The zero-order valence-corrected chi connectivity index (χ0v) is 15.8. The van der Waals surface area contributed by atoms with E-state index in [1.165, 1.54) is 17.5 Å². The van der Waals surface area contributed by atoms with Crippen LogP contribution >= 0.6 is 31.6 Å². The summed E-state index contributed by atoms with van der Waals surface area (Å²) in [4.78, 5) is 26.0. The highest BCUT2D eigenvalue weighted by atomic mass is 35.5. The van der Waals surface area contributed by atoms with Crippen LogP contribution in [0.2, 0.25) is 0 Å². The topological polar surface area (TPSA) is 122 Å². The van der Waals surface area contributed by atoms with E-state index in [4.69, 9.17) is 19.6 Å². The monoisotopic (exact) mass is 419 g/mol. The Morgan fingerprint density at radius 2 is 2.25 bits per heavy atom. The number of thiazole rings is 1. The molecule has 0 saturated carbocycles. The van der Waals surface area contributed by atoms with Crippen LogP contribution in [0.3, 0.4) is 0 Å². The summed E-state index contributed by atoms with van der Waals surface area (Å²) in [5.41, 5.74) is 9.13. The van der Waals surface area contributed by atoms with Gasteiger partial charge in [-0.25, -0.2) is 14.5 Å². The van der Waals surface area contributed by atoms with E-state index in [9.17, 15) is 4.57 Å². The van der Waals surface area contributed by atoms with Gasteiger partial charge >= 0.3 is 7.82 Å². The molecule has 0 fully saturated rings. The van der Waals surface area contributed by atoms with Gasteiger partial charge in [0.2, 0.25) is 5.51 Å². The summed E-state index contributed by atoms with van der Waals surface area (Å²) in [7, 11) is -4.47. The fraction of sp³-hybridized carbons (Fsp3) is 0.417. The molecule has 0 saturated heterocycles. The third-order valence-electron chi connectivity index (χ3n) is 2.98. The van der Waals surface area contributed by atoms with Gasteiger partial charge in [-0.05, 0) is 6.85 Å². The number of halogens is 2. The first-order valence-electron chi connectivity index (χ1n) is 7.76. The van der Waals surface area contributed by atoms with Crippen LogP contribution in [0.15, 0.2) is 11.7 Å². The predicted octanol–water partition coefficient (Wildman–Crippen LogP) is -1.85. The molecule has 2 aromatic heterocycles. The molecular formula is C12H19Cl2N4O4PS. The Kier molecular flexibility index (Phi) is 7.22. The fourth-order valence-electron chi connectivity index (χ4n) is 1.83. The van der Waals surface area contributed by atoms with Crippen LogP contribution in [-0.2, 0) is 22.1 Å². The molecule has 2 heterocycles. The molecule has 0 aliphatic rings. The molecule has 4 N–H and O–H groups in total. The number of nitrogens with two attached hydrogens (primary N) is 1. The zero-order valence-electron chi connectivity index (χ0n) is 15.5. The molecule has 0 amide bonds. The van der Waals surface area contributed by atoms with Gasteiger partial charge in [-0.2, -0.15) is 4.57 Å². The van der Waals surface area contributed by atoms with E-state index in [1.54, 1.807) is 0 Å². The van der Waals surface area contributed by atoms with E-state index in [1.807, 2.05) is 17.0 Å². The van der Waals surface area contributed by atoms with Crippen molar-refractivity contribution >= 4 is 37.4 Å². The quantitative estimate of drug-likeness (QED) is 0.371. The van der Waals surface area contributed by atoms with Crippen molar-refractivity contribution in [3.63, 3.8) is 0 Å². The van der Waals surface area contributed by atoms with Gasteiger partial charge < -0.3 is 27.9 Å². The van der Waals surface area contributed by atoms with Gasteiger partial charge in [0, 0.05) is 23.7 Å². The maximum atomic E-state index is 10.7. The van der Waals surface area contributed by atoms with Gasteiger partial charge in [0.15, 0.2) is 12.2 Å². The number of anilines is 1. The number of hydrogen-bond donors (Lipinski definition) is 3. The van der Waals surface area contributed by atoms with Crippen LogP contribution in [0, 0.1) is 13.8 Å². The highest BCUT2D eigenvalue weighted by molar-refractivity contribution is 7.46. The number of phosphoric acid groups is 1. The van der Waals surface area contributed by atoms with Crippen LogP contribution in [0.4, 0.5) is 5.82 Å². The Morgan fingerprint density at radius 3 is 2.83 bits per heavy atom. The van der Waals surface area contributed by atoms with Crippen LogP contribution in [0.25, 0.3) is 0 Å². The van der Waals surface area contributed by atoms with Gasteiger partial charge in [-0.15, -0.1) is 12.4 Å². The smallest absolute Gasteiger partial charge is 0.469 e. The maximum Gasteiger partial charge on any atom is 0.469 e. The number of phosphoric ester groups is 1. The number of aromatic nitrogens is 3. The highest BCUT2D eigenvalue weighted by Crippen LogP contribution is 2.35. The lowest BCUT2D eigenvalue weighted by atomic mass is 10.2. The molecule has 0 aliphatic heterocycles. The lowest BCUT2D eigenvalue weighted by molar-refractivity contribution is -0.689. The summed E-state index contributed by atoms with van der Waals surface area (Å²) in [5, 5.41) is 0. The van der Waals surface area contributed by atoms with E-state index >= 15 is 0 Å². The van der Waals surface area contributed by atoms with Crippen molar-refractivity contribution in [3.8, 4) is 0 Å². The summed E-state index contributed by atoms with van der Waals surface area (Å²) >= 11 is 1.42. The van der Waals surface area contributed by atoms with E-state index in [0.29, 0.717) is 18.5 Å². The van der Waals surface area contributed by atoms with E-state index in [0.717, 1.165) is 10.6 Å². The average molecular weight is 420 g/mol. The van der Waals surface area contributed by atoms with Crippen molar-refractivity contribution in [1.82, 2.24) is 9.97 Å². The summed E-state index contributed by atoms with van der Waals surface area (Å²) in [6, 6.07) is 0. The predicted molar refractivity (Wildman–Crippen MR) is 88.5 cm³/mol. The standard InChI is InChI=1S/C12H17N4O4PS.2ClH/c1-8-11(3-4-20-21(17,18)19)22-7-16(8)6-10-5-14-9(2)15-12(10)13;;/h5,7H,3-4,6H2,1-2H3,(H3-,13,14,15,17,18,19);2*1H/i2D3;;. The third kappa shape index (κ3) is 6.60. The van der Waals surface area contributed by atoms with E-state index in [-0.39, 0.29) is 43.1 Å². The molecule has 12 heteroatoms. The molecule has 0 radical (unpaired) electrons. The molecule has 0 bridgehead atoms. The molecule has 2 aromatic rings. The molecule has 0 unspecified atom stereocenters. The maximum absolute atomic E-state index is 10.7. The number of nitrogens with zero attached hydrogens (tertiary/aromatic N) is 3. The molecule has 2 rings (SSSR count). The molecule has 0 atom stereocenters. The van der Waals surface area contributed by atoms with Crippen LogP contribution < -0.4 is 22.7 Å². The minimum absolute atomic E-state index is 0. The fourth-order valence-corrected chi connectivity index (χ4v) is 3.14. The molecular weight excluding hydrogens is 398 g/mol. The number of hydrogen-bond acceptors (Lipinski definition) is 6. The molecule has 0 aliphatic carbocycles. The number of rotatable bonds is 6. The molecule has 0 spiro atoms. The van der Waals surface area contributed by atoms with Gasteiger partial charge in [-0.3, -0.25) is 4.52 Å². The number of nitrogen functional groups attached to an aromatic ring is 1. The van der Waals surface area contributed by atoms with Crippen molar-refractivity contribution in [2.24, 2.45) is 0 Å². The lowest BCUT2D eigenvalue weighted by Crippen LogP contribution is -3.00. The third-order valence-corrected chi connectivity index (χ3v) is 4.65. The average Bonchev–Trinajstić information content (AvgIpc) is 2.80.